The fraction of sp³-hybridized carbons (Fsp3) is 0.190. The second-order valence-electron chi connectivity index (χ2n) is 6.41. The van der Waals surface area contributed by atoms with Crippen LogP contribution < -0.4 is 10.1 Å². The Morgan fingerprint density at radius 3 is 2.67 bits per heavy atom. The number of likely N-dealkylation sites (tertiary alicyclic amines) is 1. The molecule has 0 radical (unpaired) electrons. The molecule has 1 fully saturated rings. The number of carbonyl (C=O) groups is 2. The lowest BCUT2D eigenvalue weighted by atomic mass is 9.98. The molecule has 1 aliphatic rings. The third kappa shape index (κ3) is 3.33. The first-order valence-corrected chi connectivity index (χ1v) is 8.75. The molecular formula is C21H19N3O3. The number of β-lactam (4-membered cyclic amide) rings is 1. The molecule has 1 aliphatic heterocycles. The molecule has 3 aromatic rings. The lowest BCUT2D eigenvalue weighted by molar-refractivity contribution is -0.147. The molecule has 1 unspecified atom stereocenters. The summed E-state index contributed by atoms with van der Waals surface area (Å²) in [5, 5.41) is 3.84. The van der Waals surface area contributed by atoms with Crippen molar-refractivity contribution in [3.63, 3.8) is 0 Å². The molecule has 0 aliphatic carbocycles. The lowest BCUT2D eigenvalue weighted by Gasteiger charge is -2.37. The molecule has 0 bridgehead atoms. The summed E-state index contributed by atoms with van der Waals surface area (Å²) in [4.78, 5) is 31.0. The zero-order valence-electron chi connectivity index (χ0n) is 14.9. The summed E-state index contributed by atoms with van der Waals surface area (Å²) in [5.41, 5.74) is 2.28. The van der Waals surface area contributed by atoms with Crippen LogP contribution >= 0.6 is 0 Å². The van der Waals surface area contributed by atoms with E-state index in [1.165, 1.54) is 0 Å². The number of nitrogens with one attached hydrogen (secondary N) is 1. The van der Waals surface area contributed by atoms with E-state index in [1.807, 2.05) is 30.3 Å². The van der Waals surface area contributed by atoms with Gasteiger partial charge in [0.2, 0.25) is 5.91 Å². The fourth-order valence-electron chi connectivity index (χ4n) is 3.23. The number of carbonyl (C=O) groups excluding carboxylic acids is 2. The number of hydrogen-bond donors (Lipinski definition) is 1. The number of hydrogen-bond acceptors (Lipinski definition) is 4. The third-order valence-corrected chi connectivity index (χ3v) is 4.75. The maximum atomic E-state index is 13.0. The largest absolute Gasteiger partial charge is 0.497 e. The van der Waals surface area contributed by atoms with Crippen molar-refractivity contribution in [3.05, 3.63) is 66.4 Å². The highest BCUT2D eigenvalue weighted by atomic mass is 16.5. The standard InChI is InChI=1S/C21H19N3O3/c1-27-17-7-5-16(6-8-17)23-21(26)20(24-12-10-19(24)25)15-4-9-18-14(13-15)3-2-11-22-18/h2-9,11,13,20H,10,12H2,1H3,(H,23,26). The van der Waals surface area contributed by atoms with Gasteiger partial charge in [0.15, 0.2) is 0 Å². The van der Waals surface area contributed by atoms with E-state index < -0.39 is 6.04 Å². The van der Waals surface area contributed by atoms with Crippen LogP contribution in [0, 0.1) is 0 Å². The summed E-state index contributed by atoms with van der Waals surface area (Å²) in [6, 6.07) is 15.9. The molecule has 1 aromatic heterocycles. The molecule has 27 heavy (non-hydrogen) atoms. The summed E-state index contributed by atoms with van der Waals surface area (Å²) < 4.78 is 5.14. The van der Waals surface area contributed by atoms with Gasteiger partial charge in [-0.05, 0) is 48.0 Å². The molecule has 2 heterocycles. The molecule has 2 aromatic carbocycles. The second kappa shape index (κ2) is 7.07. The van der Waals surface area contributed by atoms with Crippen LogP contribution in [0.1, 0.15) is 18.0 Å². The summed E-state index contributed by atoms with van der Waals surface area (Å²) in [5.74, 6) is 0.456. The van der Waals surface area contributed by atoms with Gasteiger partial charge in [0.05, 0.1) is 12.6 Å². The predicted molar refractivity (Wildman–Crippen MR) is 102 cm³/mol. The highest BCUT2D eigenvalue weighted by Crippen LogP contribution is 2.30. The van der Waals surface area contributed by atoms with Gasteiger partial charge >= 0.3 is 0 Å². The zero-order chi connectivity index (χ0) is 18.8. The number of fused-ring (bicyclic) bond motifs is 1. The number of pyridine rings is 1. The van der Waals surface area contributed by atoms with Crippen LogP contribution in [0.3, 0.4) is 0 Å². The monoisotopic (exact) mass is 361 g/mol. The summed E-state index contributed by atoms with van der Waals surface area (Å²) >= 11 is 0. The second-order valence-corrected chi connectivity index (χ2v) is 6.41. The molecule has 6 heteroatoms. The predicted octanol–water partition coefficient (Wildman–Crippen LogP) is 3.16. The minimum absolute atomic E-state index is 0.0174. The van der Waals surface area contributed by atoms with E-state index >= 15 is 0 Å². The minimum atomic E-state index is -0.669. The average Bonchev–Trinajstić information content (AvgIpc) is 2.70. The zero-order valence-corrected chi connectivity index (χ0v) is 14.9. The number of ether oxygens (including phenoxy) is 1. The van der Waals surface area contributed by atoms with Gasteiger partial charge in [0.25, 0.3) is 5.91 Å². The number of nitrogens with zero attached hydrogens (tertiary/aromatic N) is 2. The Kier molecular flexibility index (Phi) is 4.46. The van der Waals surface area contributed by atoms with E-state index in [1.54, 1.807) is 42.5 Å². The summed E-state index contributed by atoms with van der Waals surface area (Å²) in [7, 11) is 1.59. The van der Waals surface area contributed by atoms with Crippen LogP contribution in [0.15, 0.2) is 60.8 Å². The van der Waals surface area contributed by atoms with Gasteiger partial charge in [-0.25, -0.2) is 0 Å². The molecule has 6 nitrogen and oxygen atoms in total. The number of rotatable bonds is 5. The fourth-order valence-corrected chi connectivity index (χ4v) is 3.23. The first-order chi connectivity index (χ1) is 13.2. The number of methoxy groups -OCH3 is 1. The number of amides is 2. The molecule has 1 atom stereocenters. The number of benzene rings is 2. The van der Waals surface area contributed by atoms with Crippen molar-refractivity contribution in [1.82, 2.24) is 9.88 Å². The van der Waals surface area contributed by atoms with Gasteiger partial charge in [-0.15, -0.1) is 0 Å². The normalized spacial score (nSPS) is 14.6. The van der Waals surface area contributed by atoms with Crippen LogP contribution in [0.4, 0.5) is 5.69 Å². The first kappa shape index (κ1) is 17.0. The Bertz CT molecular complexity index is 1000. The van der Waals surface area contributed by atoms with Gasteiger partial charge in [0, 0.05) is 30.2 Å². The van der Waals surface area contributed by atoms with E-state index in [0.717, 1.165) is 16.5 Å². The van der Waals surface area contributed by atoms with Crippen molar-refractivity contribution in [2.45, 2.75) is 12.5 Å². The maximum Gasteiger partial charge on any atom is 0.251 e. The molecule has 0 spiro atoms. The Balaban J connectivity index is 1.65. The summed E-state index contributed by atoms with van der Waals surface area (Å²) in [6.45, 7) is 0.574. The van der Waals surface area contributed by atoms with E-state index in [4.69, 9.17) is 4.74 Å². The molecule has 1 saturated heterocycles. The van der Waals surface area contributed by atoms with Crippen LogP contribution in [0.25, 0.3) is 10.9 Å². The van der Waals surface area contributed by atoms with Gasteiger partial charge < -0.3 is 15.0 Å². The Hall–Kier alpha value is -3.41. The highest BCUT2D eigenvalue weighted by molar-refractivity contribution is 5.99. The van der Waals surface area contributed by atoms with Crippen LogP contribution in [0.2, 0.25) is 0 Å². The van der Waals surface area contributed by atoms with Gasteiger partial charge in [-0.2, -0.15) is 0 Å². The maximum absolute atomic E-state index is 13.0. The highest BCUT2D eigenvalue weighted by Gasteiger charge is 2.36. The molecule has 2 amide bonds. The lowest BCUT2D eigenvalue weighted by Crippen LogP contribution is -2.49. The van der Waals surface area contributed by atoms with Gasteiger partial charge in [-0.3, -0.25) is 14.6 Å². The Morgan fingerprint density at radius 2 is 2.00 bits per heavy atom. The topological polar surface area (TPSA) is 71.5 Å². The van der Waals surface area contributed by atoms with E-state index in [0.29, 0.717) is 24.4 Å². The SMILES string of the molecule is COc1ccc(NC(=O)C(c2ccc3ncccc3c2)N2CCC2=O)cc1. The first-order valence-electron chi connectivity index (χ1n) is 8.75. The molecule has 0 saturated carbocycles. The Labute approximate surface area is 156 Å². The molecule has 136 valence electrons. The van der Waals surface area contributed by atoms with Crippen LogP contribution in [-0.2, 0) is 9.59 Å². The molecule has 4 rings (SSSR count). The van der Waals surface area contributed by atoms with E-state index in [9.17, 15) is 9.59 Å². The Morgan fingerprint density at radius 1 is 1.19 bits per heavy atom. The quantitative estimate of drug-likeness (QED) is 0.709. The smallest absolute Gasteiger partial charge is 0.251 e. The van der Waals surface area contributed by atoms with E-state index in [2.05, 4.69) is 10.3 Å². The van der Waals surface area contributed by atoms with Gasteiger partial charge in [0.1, 0.15) is 11.8 Å². The summed E-state index contributed by atoms with van der Waals surface area (Å²) in [6.07, 6.45) is 2.20. The van der Waals surface area contributed by atoms with Crippen molar-refractivity contribution in [2.75, 3.05) is 19.0 Å². The van der Waals surface area contributed by atoms with Crippen molar-refractivity contribution >= 4 is 28.4 Å². The van der Waals surface area contributed by atoms with Crippen LogP contribution in [0.5, 0.6) is 5.75 Å². The van der Waals surface area contributed by atoms with Crippen LogP contribution in [-0.4, -0.2) is 35.4 Å². The van der Waals surface area contributed by atoms with Crippen molar-refractivity contribution in [2.24, 2.45) is 0 Å². The van der Waals surface area contributed by atoms with Crippen molar-refractivity contribution in [3.8, 4) is 5.75 Å². The molecular weight excluding hydrogens is 342 g/mol. The third-order valence-electron chi connectivity index (χ3n) is 4.75. The number of aromatic nitrogens is 1. The van der Waals surface area contributed by atoms with Crippen molar-refractivity contribution in [1.29, 1.82) is 0 Å². The minimum Gasteiger partial charge on any atom is -0.497 e. The van der Waals surface area contributed by atoms with Crippen molar-refractivity contribution < 1.29 is 14.3 Å². The average molecular weight is 361 g/mol. The molecule has 1 N–H and O–H groups in total. The van der Waals surface area contributed by atoms with Gasteiger partial charge in [-0.1, -0.05) is 12.1 Å². The number of anilines is 1. The van der Waals surface area contributed by atoms with E-state index in [-0.39, 0.29) is 11.8 Å².